The van der Waals surface area contributed by atoms with Crippen LogP contribution in [0.15, 0.2) is 0 Å². The summed E-state index contributed by atoms with van der Waals surface area (Å²) in [6.07, 6.45) is 7.05. The Hall–Kier alpha value is 0.310. The van der Waals surface area contributed by atoms with Gasteiger partial charge in [0, 0.05) is 0 Å². The molecule has 0 aromatic carbocycles. The van der Waals surface area contributed by atoms with Gasteiger partial charge in [-0.15, -0.1) is 0 Å². The summed E-state index contributed by atoms with van der Waals surface area (Å²) < 4.78 is 0. The summed E-state index contributed by atoms with van der Waals surface area (Å²) >= 11 is 2.09. The van der Waals surface area contributed by atoms with E-state index in [1.807, 2.05) is 14.1 Å². The zero-order chi connectivity index (χ0) is 13.7. The Morgan fingerprint density at radius 2 is 1.41 bits per heavy atom. The lowest BCUT2D eigenvalue weighted by molar-refractivity contribution is 0.358. The minimum atomic E-state index is 0.534. The molecule has 0 bridgehead atoms. The van der Waals surface area contributed by atoms with Gasteiger partial charge in [0.1, 0.15) is 0 Å². The molecular weight excluding hydrogens is 226 g/mol. The van der Waals surface area contributed by atoms with Gasteiger partial charge >= 0.3 is 0 Å². The van der Waals surface area contributed by atoms with Crippen molar-refractivity contribution in [3.8, 4) is 0 Å². The number of thioether (sulfide) groups is 1. The standard InChI is InChI=1S/C13H28S.C2H7N/c1-12(2)14-11-9-7-6-8-10-13(3,4)5;1-3-2/h12H,6-11H2,1-5H3;3H,1-2H3. The predicted octanol–water partition coefficient (Wildman–Crippen LogP) is 4.96. The van der Waals surface area contributed by atoms with E-state index >= 15 is 0 Å². The number of nitrogens with one attached hydrogen (secondary N) is 1. The van der Waals surface area contributed by atoms with Gasteiger partial charge < -0.3 is 5.32 Å². The Kier molecular flexibility index (Phi) is 14.7. The molecular formula is C15H35NS. The molecule has 0 spiro atoms. The van der Waals surface area contributed by atoms with Crippen molar-refractivity contribution in [2.75, 3.05) is 19.8 Å². The molecule has 17 heavy (non-hydrogen) atoms. The van der Waals surface area contributed by atoms with Crippen LogP contribution in [0.5, 0.6) is 0 Å². The molecule has 0 heterocycles. The minimum Gasteiger partial charge on any atom is -0.323 e. The molecule has 0 rings (SSSR count). The highest BCUT2D eigenvalue weighted by molar-refractivity contribution is 7.99. The number of hydrogen-bond donors (Lipinski definition) is 1. The van der Waals surface area contributed by atoms with E-state index in [0.717, 1.165) is 5.25 Å². The maximum Gasteiger partial charge on any atom is -0.000968 e. The van der Waals surface area contributed by atoms with Crippen molar-refractivity contribution in [1.29, 1.82) is 0 Å². The fourth-order valence-corrected chi connectivity index (χ4v) is 2.27. The second-order valence-corrected chi connectivity index (χ2v) is 7.83. The second kappa shape index (κ2) is 12.8. The van der Waals surface area contributed by atoms with Gasteiger partial charge in [-0.3, -0.25) is 0 Å². The van der Waals surface area contributed by atoms with Crippen molar-refractivity contribution >= 4 is 11.8 Å². The Labute approximate surface area is 115 Å². The molecule has 0 saturated heterocycles. The molecule has 0 amide bonds. The van der Waals surface area contributed by atoms with E-state index in [-0.39, 0.29) is 0 Å². The summed E-state index contributed by atoms with van der Waals surface area (Å²) in [7, 11) is 3.75. The van der Waals surface area contributed by atoms with Crippen LogP contribution in [0.2, 0.25) is 0 Å². The van der Waals surface area contributed by atoms with Crippen molar-refractivity contribution in [1.82, 2.24) is 5.32 Å². The maximum absolute atomic E-state index is 2.75. The molecule has 0 aliphatic carbocycles. The van der Waals surface area contributed by atoms with Crippen molar-refractivity contribution < 1.29 is 0 Å². The lowest BCUT2D eigenvalue weighted by Gasteiger charge is -2.17. The summed E-state index contributed by atoms with van der Waals surface area (Å²) in [5.74, 6) is 1.35. The Morgan fingerprint density at radius 3 is 1.82 bits per heavy atom. The zero-order valence-electron chi connectivity index (χ0n) is 13.2. The fraction of sp³-hybridized carbons (Fsp3) is 1.00. The van der Waals surface area contributed by atoms with E-state index in [9.17, 15) is 0 Å². The first-order valence-corrected chi connectivity index (χ1v) is 8.08. The lowest BCUT2D eigenvalue weighted by atomic mass is 9.89. The minimum absolute atomic E-state index is 0.534. The number of hydrogen-bond acceptors (Lipinski definition) is 2. The topological polar surface area (TPSA) is 12.0 Å². The Morgan fingerprint density at radius 1 is 0.941 bits per heavy atom. The molecule has 106 valence electrons. The van der Waals surface area contributed by atoms with E-state index in [1.54, 1.807) is 0 Å². The molecule has 0 saturated carbocycles. The third kappa shape index (κ3) is 26.1. The van der Waals surface area contributed by atoms with Gasteiger partial charge in [-0.2, -0.15) is 11.8 Å². The van der Waals surface area contributed by atoms with Crippen molar-refractivity contribution in [2.45, 2.75) is 72.0 Å². The summed E-state index contributed by atoms with van der Waals surface area (Å²) in [5.41, 5.74) is 0.534. The van der Waals surface area contributed by atoms with Gasteiger partial charge in [0.25, 0.3) is 0 Å². The summed E-state index contributed by atoms with van der Waals surface area (Å²) in [6.45, 7) is 11.6. The maximum atomic E-state index is 2.75. The van der Waals surface area contributed by atoms with Crippen LogP contribution in [-0.2, 0) is 0 Å². The van der Waals surface area contributed by atoms with Crippen LogP contribution < -0.4 is 5.32 Å². The Balaban J connectivity index is 0. The first kappa shape index (κ1) is 19.6. The van der Waals surface area contributed by atoms with Crippen molar-refractivity contribution in [3.63, 3.8) is 0 Å². The molecule has 0 aliphatic rings. The highest BCUT2D eigenvalue weighted by Crippen LogP contribution is 2.22. The van der Waals surface area contributed by atoms with Gasteiger partial charge in [0.15, 0.2) is 0 Å². The number of unbranched alkanes of at least 4 members (excludes halogenated alkanes) is 3. The largest absolute Gasteiger partial charge is 0.323 e. The van der Waals surface area contributed by atoms with Gasteiger partial charge in [-0.25, -0.2) is 0 Å². The lowest BCUT2D eigenvalue weighted by Crippen LogP contribution is -2.03. The van der Waals surface area contributed by atoms with Crippen LogP contribution in [0.3, 0.4) is 0 Å². The fourth-order valence-electron chi connectivity index (χ4n) is 1.43. The first-order chi connectivity index (χ1) is 7.83. The predicted molar refractivity (Wildman–Crippen MR) is 85.1 cm³/mol. The van der Waals surface area contributed by atoms with E-state index in [0.29, 0.717) is 5.41 Å². The monoisotopic (exact) mass is 261 g/mol. The third-order valence-corrected chi connectivity index (χ3v) is 3.46. The van der Waals surface area contributed by atoms with Crippen LogP contribution >= 0.6 is 11.8 Å². The first-order valence-electron chi connectivity index (χ1n) is 7.03. The van der Waals surface area contributed by atoms with E-state index < -0.39 is 0 Å². The molecule has 0 aromatic rings. The average Bonchev–Trinajstić information content (AvgIpc) is 2.15. The van der Waals surface area contributed by atoms with Crippen LogP contribution in [0.4, 0.5) is 0 Å². The summed E-state index contributed by atoms with van der Waals surface area (Å²) in [5, 5.41) is 3.56. The van der Waals surface area contributed by atoms with Gasteiger partial charge in [0.2, 0.25) is 0 Å². The van der Waals surface area contributed by atoms with Crippen LogP contribution in [-0.4, -0.2) is 25.1 Å². The van der Waals surface area contributed by atoms with Gasteiger partial charge in [-0.1, -0.05) is 53.9 Å². The normalized spacial score (nSPS) is 11.3. The Bertz CT molecular complexity index is 138. The number of rotatable bonds is 7. The molecule has 2 heteroatoms. The highest BCUT2D eigenvalue weighted by atomic mass is 32.2. The zero-order valence-corrected chi connectivity index (χ0v) is 14.0. The third-order valence-electron chi connectivity index (χ3n) is 2.27. The summed E-state index contributed by atoms with van der Waals surface area (Å²) in [6, 6.07) is 0. The average molecular weight is 262 g/mol. The van der Waals surface area contributed by atoms with Crippen molar-refractivity contribution in [2.24, 2.45) is 5.41 Å². The van der Waals surface area contributed by atoms with Crippen molar-refractivity contribution in [3.05, 3.63) is 0 Å². The van der Waals surface area contributed by atoms with Gasteiger partial charge in [-0.05, 0) is 43.4 Å². The quantitative estimate of drug-likeness (QED) is 0.650. The SMILES string of the molecule is CC(C)SCCCCCCC(C)(C)C.CNC. The second-order valence-electron chi connectivity index (χ2n) is 6.14. The van der Waals surface area contributed by atoms with Crippen LogP contribution in [0.25, 0.3) is 0 Å². The van der Waals surface area contributed by atoms with E-state index in [2.05, 4.69) is 51.7 Å². The van der Waals surface area contributed by atoms with Crippen LogP contribution in [0.1, 0.15) is 66.7 Å². The van der Waals surface area contributed by atoms with Gasteiger partial charge in [0.05, 0.1) is 0 Å². The molecule has 0 fully saturated rings. The molecule has 1 nitrogen and oxygen atoms in total. The molecule has 1 N–H and O–H groups in total. The summed E-state index contributed by atoms with van der Waals surface area (Å²) in [4.78, 5) is 0. The highest BCUT2D eigenvalue weighted by Gasteiger charge is 2.08. The van der Waals surface area contributed by atoms with E-state index in [1.165, 1.54) is 37.9 Å². The molecule has 0 radical (unpaired) electrons. The van der Waals surface area contributed by atoms with Crippen LogP contribution in [0, 0.1) is 5.41 Å². The molecule has 0 aliphatic heterocycles. The molecule has 0 unspecified atom stereocenters. The molecule has 0 atom stereocenters. The molecule has 0 aromatic heterocycles. The smallest absolute Gasteiger partial charge is 0.000968 e. The van der Waals surface area contributed by atoms with E-state index in [4.69, 9.17) is 0 Å².